The highest BCUT2D eigenvalue weighted by Gasteiger charge is 2.10. The first kappa shape index (κ1) is 18.4. The average molecular weight is 362 g/mol. The van der Waals surface area contributed by atoms with Crippen molar-refractivity contribution in [3.8, 4) is 5.75 Å². The zero-order chi connectivity index (χ0) is 19.2. The molecule has 0 saturated carbocycles. The highest BCUT2D eigenvalue weighted by molar-refractivity contribution is 5.93. The van der Waals surface area contributed by atoms with Gasteiger partial charge in [-0.1, -0.05) is 35.9 Å². The van der Waals surface area contributed by atoms with E-state index in [1.54, 1.807) is 13.2 Å². The van der Waals surface area contributed by atoms with Crippen molar-refractivity contribution in [2.75, 3.05) is 12.4 Å². The summed E-state index contributed by atoms with van der Waals surface area (Å²) in [5.41, 5.74) is 4.38. The van der Waals surface area contributed by atoms with Crippen molar-refractivity contribution in [2.45, 2.75) is 20.4 Å². The summed E-state index contributed by atoms with van der Waals surface area (Å²) < 4.78 is 5.36. The molecule has 1 amide bonds. The number of aromatic nitrogens is 2. The summed E-state index contributed by atoms with van der Waals surface area (Å²) in [7, 11) is 1.61. The molecule has 2 aromatic carbocycles. The Morgan fingerprint density at radius 2 is 1.74 bits per heavy atom. The Bertz CT molecular complexity index is 939. The third-order valence-electron chi connectivity index (χ3n) is 4.09. The van der Waals surface area contributed by atoms with Gasteiger partial charge in [0.05, 0.1) is 12.8 Å². The lowest BCUT2D eigenvalue weighted by Gasteiger charge is -2.12. The highest BCUT2D eigenvalue weighted by atomic mass is 16.5. The van der Waals surface area contributed by atoms with Crippen molar-refractivity contribution in [3.63, 3.8) is 0 Å². The molecular weight excluding hydrogens is 340 g/mol. The maximum Gasteiger partial charge on any atom is 0.270 e. The Hall–Kier alpha value is -3.41. The summed E-state index contributed by atoms with van der Waals surface area (Å²) >= 11 is 0. The lowest BCUT2D eigenvalue weighted by atomic mass is 10.1. The second-order valence-corrected chi connectivity index (χ2v) is 6.29. The van der Waals surface area contributed by atoms with Crippen molar-refractivity contribution >= 4 is 17.4 Å². The molecule has 27 heavy (non-hydrogen) atoms. The van der Waals surface area contributed by atoms with Gasteiger partial charge in [0.15, 0.2) is 0 Å². The molecule has 6 nitrogen and oxygen atoms in total. The summed E-state index contributed by atoms with van der Waals surface area (Å²) in [6.07, 6.45) is 1.37. The zero-order valence-corrected chi connectivity index (χ0v) is 15.6. The molecule has 0 spiro atoms. The minimum absolute atomic E-state index is 0.253. The molecule has 6 heteroatoms. The molecule has 138 valence electrons. The van der Waals surface area contributed by atoms with E-state index in [0.29, 0.717) is 23.8 Å². The van der Waals surface area contributed by atoms with Gasteiger partial charge in [0.2, 0.25) is 0 Å². The number of hydrogen-bond acceptors (Lipinski definition) is 5. The Labute approximate surface area is 158 Å². The predicted octanol–water partition coefficient (Wildman–Crippen LogP) is 3.78. The van der Waals surface area contributed by atoms with Gasteiger partial charge in [-0.25, -0.2) is 9.97 Å². The van der Waals surface area contributed by atoms with Gasteiger partial charge < -0.3 is 15.4 Å². The lowest BCUT2D eigenvalue weighted by Crippen LogP contribution is -2.24. The zero-order valence-electron chi connectivity index (χ0n) is 15.6. The van der Waals surface area contributed by atoms with Gasteiger partial charge in [0, 0.05) is 12.6 Å². The predicted molar refractivity (Wildman–Crippen MR) is 105 cm³/mol. The van der Waals surface area contributed by atoms with Crippen LogP contribution in [-0.4, -0.2) is 23.0 Å². The Kier molecular flexibility index (Phi) is 5.66. The van der Waals surface area contributed by atoms with Gasteiger partial charge in [0.1, 0.15) is 23.6 Å². The number of anilines is 2. The average Bonchev–Trinajstić information content (AvgIpc) is 2.68. The number of ether oxygens (including phenoxy) is 1. The number of hydrogen-bond donors (Lipinski definition) is 2. The number of nitrogens with one attached hydrogen (secondary N) is 2. The number of nitrogens with zero attached hydrogens (tertiary/aromatic N) is 2. The number of carbonyl (C=O) groups excluding carboxylic acids is 1. The molecule has 0 bridgehead atoms. The van der Waals surface area contributed by atoms with E-state index in [0.717, 1.165) is 16.8 Å². The number of methoxy groups -OCH3 is 1. The fraction of sp³-hybridized carbons (Fsp3) is 0.190. The summed E-state index contributed by atoms with van der Waals surface area (Å²) in [5, 5.41) is 6.06. The molecule has 0 atom stereocenters. The Morgan fingerprint density at radius 1 is 1.00 bits per heavy atom. The second kappa shape index (κ2) is 8.31. The van der Waals surface area contributed by atoms with Crippen molar-refractivity contribution in [1.29, 1.82) is 0 Å². The van der Waals surface area contributed by atoms with Gasteiger partial charge in [-0.2, -0.15) is 0 Å². The van der Waals surface area contributed by atoms with E-state index in [9.17, 15) is 4.79 Å². The molecule has 0 aliphatic carbocycles. The van der Waals surface area contributed by atoms with Crippen LogP contribution in [0.1, 0.15) is 27.2 Å². The van der Waals surface area contributed by atoms with Crippen molar-refractivity contribution in [3.05, 3.63) is 77.2 Å². The van der Waals surface area contributed by atoms with Crippen LogP contribution in [0, 0.1) is 13.8 Å². The molecule has 3 aromatic rings. The third kappa shape index (κ3) is 4.82. The molecule has 0 aliphatic rings. The van der Waals surface area contributed by atoms with Crippen molar-refractivity contribution in [2.24, 2.45) is 0 Å². The van der Waals surface area contributed by atoms with Crippen LogP contribution in [0.3, 0.4) is 0 Å². The standard InChI is InChI=1S/C21H22N4O2/c1-14-4-7-16(8-5-14)12-22-21(26)18-11-20(24-13-23-18)25-17-10-15(2)6-9-19(17)27-3/h4-11,13H,12H2,1-3H3,(H,22,26)(H,23,24,25). The first-order valence-corrected chi connectivity index (χ1v) is 8.62. The van der Waals surface area contributed by atoms with Gasteiger partial charge >= 0.3 is 0 Å². The summed E-state index contributed by atoms with van der Waals surface area (Å²) in [6, 6.07) is 15.4. The number of rotatable bonds is 6. The van der Waals surface area contributed by atoms with E-state index in [1.807, 2.05) is 56.3 Å². The Morgan fingerprint density at radius 3 is 2.48 bits per heavy atom. The summed E-state index contributed by atoms with van der Waals surface area (Å²) in [5.74, 6) is 0.969. The highest BCUT2D eigenvalue weighted by Crippen LogP contribution is 2.27. The summed E-state index contributed by atoms with van der Waals surface area (Å²) in [6.45, 7) is 4.47. The van der Waals surface area contributed by atoms with E-state index in [1.165, 1.54) is 11.9 Å². The monoisotopic (exact) mass is 362 g/mol. The van der Waals surface area contributed by atoms with Gasteiger partial charge in [-0.3, -0.25) is 4.79 Å². The quantitative estimate of drug-likeness (QED) is 0.698. The molecule has 0 unspecified atom stereocenters. The molecule has 0 radical (unpaired) electrons. The van der Waals surface area contributed by atoms with E-state index in [2.05, 4.69) is 20.6 Å². The van der Waals surface area contributed by atoms with Crippen LogP contribution >= 0.6 is 0 Å². The van der Waals surface area contributed by atoms with E-state index in [-0.39, 0.29) is 5.91 Å². The molecule has 1 heterocycles. The molecule has 0 saturated heterocycles. The normalized spacial score (nSPS) is 10.3. The van der Waals surface area contributed by atoms with Crippen LogP contribution in [0.2, 0.25) is 0 Å². The maximum atomic E-state index is 12.4. The molecular formula is C21H22N4O2. The van der Waals surface area contributed by atoms with Crippen molar-refractivity contribution < 1.29 is 9.53 Å². The number of carbonyl (C=O) groups is 1. The maximum absolute atomic E-state index is 12.4. The number of aryl methyl sites for hydroxylation is 2. The lowest BCUT2D eigenvalue weighted by molar-refractivity contribution is 0.0946. The second-order valence-electron chi connectivity index (χ2n) is 6.29. The van der Waals surface area contributed by atoms with Gasteiger partial charge in [-0.15, -0.1) is 0 Å². The largest absolute Gasteiger partial charge is 0.495 e. The smallest absolute Gasteiger partial charge is 0.270 e. The molecule has 0 aliphatic heterocycles. The van der Waals surface area contributed by atoms with Crippen LogP contribution in [0.5, 0.6) is 5.75 Å². The number of benzene rings is 2. The fourth-order valence-corrected chi connectivity index (χ4v) is 2.59. The Balaban J connectivity index is 1.70. The van der Waals surface area contributed by atoms with Crippen LogP contribution < -0.4 is 15.4 Å². The topological polar surface area (TPSA) is 76.1 Å². The van der Waals surface area contributed by atoms with Gasteiger partial charge in [-0.05, 0) is 37.1 Å². The van der Waals surface area contributed by atoms with E-state index >= 15 is 0 Å². The third-order valence-corrected chi connectivity index (χ3v) is 4.09. The van der Waals surface area contributed by atoms with E-state index in [4.69, 9.17) is 4.74 Å². The minimum Gasteiger partial charge on any atom is -0.495 e. The molecule has 2 N–H and O–H groups in total. The van der Waals surface area contributed by atoms with Crippen LogP contribution in [0.25, 0.3) is 0 Å². The van der Waals surface area contributed by atoms with E-state index < -0.39 is 0 Å². The van der Waals surface area contributed by atoms with Crippen LogP contribution in [0.4, 0.5) is 11.5 Å². The van der Waals surface area contributed by atoms with Gasteiger partial charge in [0.25, 0.3) is 5.91 Å². The first-order valence-electron chi connectivity index (χ1n) is 8.62. The number of amides is 1. The first-order chi connectivity index (χ1) is 13.0. The fourth-order valence-electron chi connectivity index (χ4n) is 2.59. The van der Waals surface area contributed by atoms with Crippen LogP contribution in [0.15, 0.2) is 54.9 Å². The molecule has 0 fully saturated rings. The molecule has 3 rings (SSSR count). The van der Waals surface area contributed by atoms with Crippen LogP contribution in [-0.2, 0) is 6.54 Å². The van der Waals surface area contributed by atoms with Crippen molar-refractivity contribution in [1.82, 2.24) is 15.3 Å². The SMILES string of the molecule is COc1ccc(C)cc1Nc1cc(C(=O)NCc2ccc(C)cc2)ncn1. The summed E-state index contributed by atoms with van der Waals surface area (Å²) in [4.78, 5) is 20.7. The minimum atomic E-state index is -0.253. The molecule has 1 aromatic heterocycles.